The van der Waals surface area contributed by atoms with Crippen molar-refractivity contribution in [2.45, 2.75) is 6.92 Å². The highest BCUT2D eigenvalue weighted by Crippen LogP contribution is 2.23. The van der Waals surface area contributed by atoms with E-state index in [0.29, 0.717) is 5.75 Å². The van der Waals surface area contributed by atoms with Gasteiger partial charge in [0.05, 0.1) is 11.9 Å². The van der Waals surface area contributed by atoms with Crippen LogP contribution in [0.25, 0.3) is 16.9 Å². The number of para-hydroxylation sites is 1. The number of hydrogen-bond donors (Lipinski definition) is 1. The van der Waals surface area contributed by atoms with Crippen LogP contribution < -0.4 is 10.2 Å². The van der Waals surface area contributed by atoms with E-state index in [1.54, 1.807) is 23.0 Å². The van der Waals surface area contributed by atoms with Gasteiger partial charge in [-0.05, 0) is 43.3 Å². The highest BCUT2D eigenvalue weighted by Gasteiger charge is 2.11. The standard InChI is InChI=1S/C25H21BrN4O2/c1-18-7-5-8-19(13-18)25-20(16-30(29-25)22-10-3-2-4-11-22)15-27-28-24(31)17-32-23-12-6-9-21(26)14-23/h2-16H,17H2,1H3,(H,28,31). The molecule has 0 unspecified atom stereocenters. The molecule has 32 heavy (non-hydrogen) atoms. The van der Waals surface area contributed by atoms with Gasteiger partial charge in [-0.25, -0.2) is 10.1 Å². The van der Waals surface area contributed by atoms with Gasteiger partial charge in [-0.1, -0.05) is 64.0 Å². The van der Waals surface area contributed by atoms with Crippen LogP contribution in [0.5, 0.6) is 5.75 Å². The van der Waals surface area contributed by atoms with Crippen molar-refractivity contribution in [2.75, 3.05) is 6.61 Å². The largest absolute Gasteiger partial charge is 0.484 e. The molecule has 0 radical (unpaired) electrons. The number of ether oxygens (including phenoxy) is 1. The molecule has 0 atom stereocenters. The number of aryl methyl sites for hydroxylation is 1. The molecule has 0 aliphatic heterocycles. The zero-order chi connectivity index (χ0) is 22.3. The first-order valence-electron chi connectivity index (χ1n) is 10.0. The summed E-state index contributed by atoms with van der Waals surface area (Å²) in [5.74, 6) is 0.248. The molecule has 0 bridgehead atoms. The number of hydrogen-bond acceptors (Lipinski definition) is 4. The van der Waals surface area contributed by atoms with Gasteiger partial charge in [0.15, 0.2) is 6.61 Å². The van der Waals surface area contributed by atoms with E-state index in [0.717, 1.165) is 32.5 Å². The van der Waals surface area contributed by atoms with Crippen molar-refractivity contribution in [3.8, 4) is 22.7 Å². The summed E-state index contributed by atoms with van der Waals surface area (Å²) in [7, 11) is 0. The Hall–Kier alpha value is -3.71. The Labute approximate surface area is 194 Å². The van der Waals surface area contributed by atoms with E-state index in [9.17, 15) is 4.79 Å². The van der Waals surface area contributed by atoms with E-state index in [1.807, 2.05) is 73.8 Å². The maximum atomic E-state index is 12.1. The Kier molecular flexibility index (Phi) is 6.77. The minimum atomic E-state index is -0.353. The number of rotatable bonds is 7. The maximum absolute atomic E-state index is 12.1. The third-order valence-electron chi connectivity index (χ3n) is 4.61. The average Bonchev–Trinajstić information content (AvgIpc) is 3.23. The molecule has 0 fully saturated rings. The molecule has 1 aromatic heterocycles. The fourth-order valence-electron chi connectivity index (χ4n) is 3.12. The molecule has 0 spiro atoms. The maximum Gasteiger partial charge on any atom is 0.277 e. The molecular formula is C25H21BrN4O2. The van der Waals surface area contributed by atoms with E-state index < -0.39 is 0 Å². The van der Waals surface area contributed by atoms with Gasteiger partial charge >= 0.3 is 0 Å². The first kappa shape index (κ1) is 21.5. The van der Waals surface area contributed by atoms with E-state index in [4.69, 9.17) is 9.84 Å². The third kappa shape index (κ3) is 5.50. The lowest BCUT2D eigenvalue weighted by molar-refractivity contribution is -0.123. The quantitative estimate of drug-likeness (QED) is 0.289. The highest BCUT2D eigenvalue weighted by molar-refractivity contribution is 9.10. The van der Waals surface area contributed by atoms with Crippen molar-refractivity contribution in [2.24, 2.45) is 5.10 Å². The van der Waals surface area contributed by atoms with Crippen LogP contribution >= 0.6 is 15.9 Å². The minimum Gasteiger partial charge on any atom is -0.484 e. The fourth-order valence-corrected chi connectivity index (χ4v) is 3.50. The molecule has 6 nitrogen and oxygen atoms in total. The number of benzene rings is 3. The van der Waals surface area contributed by atoms with Gasteiger partial charge < -0.3 is 4.74 Å². The van der Waals surface area contributed by atoms with Gasteiger partial charge in [0.25, 0.3) is 5.91 Å². The van der Waals surface area contributed by atoms with Crippen LogP contribution in [0.15, 0.2) is 94.6 Å². The van der Waals surface area contributed by atoms with Gasteiger partial charge in [-0.3, -0.25) is 4.79 Å². The lowest BCUT2D eigenvalue weighted by Crippen LogP contribution is -2.24. The summed E-state index contributed by atoms with van der Waals surface area (Å²) in [6.07, 6.45) is 3.49. The molecule has 4 aromatic rings. The Morgan fingerprint density at radius 3 is 2.69 bits per heavy atom. The molecule has 4 rings (SSSR count). The van der Waals surface area contributed by atoms with Crippen molar-refractivity contribution >= 4 is 28.1 Å². The van der Waals surface area contributed by atoms with Crippen LogP contribution in [0.4, 0.5) is 0 Å². The molecule has 160 valence electrons. The van der Waals surface area contributed by atoms with E-state index in [1.165, 1.54) is 0 Å². The second-order valence-electron chi connectivity index (χ2n) is 7.12. The van der Waals surface area contributed by atoms with E-state index in [-0.39, 0.29) is 12.5 Å². The van der Waals surface area contributed by atoms with Gasteiger partial charge in [0.2, 0.25) is 0 Å². The molecule has 0 saturated carbocycles. The number of amides is 1. The lowest BCUT2D eigenvalue weighted by atomic mass is 10.1. The second kappa shape index (κ2) is 10.1. The van der Waals surface area contributed by atoms with Crippen LogP contribution in [0, 0.1) is 6.92 Å². The molecule has 0 saturated heterocycles. The summed E-state index contributed by atoms with van der Waals surface area (Å²) in [6, 6.07) is 25.3. The first-order chi connectivity index (χ1) is 15.6. The second-order valence-corrected chi connectivity index (χ2v) is 8.04. The highest BCUT2D eigenvalue weighted by atomic mass is 79.9. The summed E-state index contributed by atoms with van der Waals surface area (Å²) >= 11 is 3.37. The molecule has 1 amide bonds. The van der Waals surface area contributed by atoms with Crippen molar-refractivity contribution in [1.82, 2.24) is 15.2 Å². The van der Waals surface area contributed by atoms with Crippen LogP contribution in [-0.4, -0.2) is 28.5 Å². The number of nitrogens with one attached hydrogen (secondary N) is 1. The normalized spacial score (nSPS) is 10.9. The summed E-state index contributed by atoms with van der Waals surface area (Å²) in [5, 5.41) is 8.88. The zero-order valence-corrected chi connectivity index (χ0v) is 19.0. The lowest BCUT2D eigenvalue weighted by Gasteiger charge is -2.05. The molecule has 3 aromatic carbocycles. The van der Waals surface area contributed by atoms with Crippen molar-refractivity contribution < 1.29 is 9.53 Å². The van der Waals surface area contributed by atoms with Crippen molar-refractivity contribution in [3.05, 3.63) is 101 Å². The summed E-state index contributed by atoms with van der Waals surface area (Å²) < 4.78 is 8.17. The van der Waals surface area contributed by atoms with Gasteiger partial charge in [-0.15, -0.1) is 0 Å². The Balaban J connectivity index is 1.50. The number of carbonyl (C=O) groups excluding carboxylic acids is 1. The van der Waals surface area contributed by atoms with Crippen LogP contribution in [0.1, 0.15) is 11.1 Å². The number of halogens is 1. The minimum absolute atomic E-state index is 0.137. The van der Waals surface area contributed by atoms with E-state index in [2.05, 4.69) is 32.5 Å². The van der Waals surface area contributed by atoms with Crippen molar-refractivity contribution in [3.63, 3.8) is 0 Å². The fraction of sp³-hybridized carbons (Fsp3) is 0.0800. The summed E-state index contributed by atoms with van der Waals surface area (Å²) in [5.41, 5.74) is 7.13. The monoisotopic (exact) mass is 488 g/mol. The average molecular weight is 489 g/mol. The van der Waals surface area contributed by atoms with E-state index >= 15 is 0 Å². The molecule has 1 heterocycles. The number of nitrogens with zero attached hydrogens (tertiary/aromatic N) is 3. The number of hydrazone groups is 1. The molecule has 7 heteroatoms. The topological polar surface area (TPSA) is 68.5 Å². The molecule has 0 aliphatic carbocycles. The molecular weight excluding hydrogens is 468 g/mol. The Morgan fingerprint density at radius 1 is 1.09 bits per heavy atom. The summed E-state index contributed by atoms with van der Waals surface area (Å²) in [6.45, 7) is 1.90. The predicted octanol–water partition coefficient (Wildman–Crippen LogP) is 5.14. The predicted molar refractivity (Wildman–Crippen MR) is 129 cm³/mol. The first-order valence-corrected chi connectivity index (χ1v) is 10.8. The van der Waals surface area contributed by atoms with Gasteiger partial charge in [0.1, 0.15) is 11.4 Å². The molecule has 0 aliphatic rings. The van der Waals surface area contributed by atoms with Gasteiger partial charge in [0, 0.05) is 21.8 Å². The zero-order valence-electron chi connectivity index (χ0n) is 17.4. The van der Waals surface area contributed by atoms with Crippen molar-refractivity contribution in [1.29, 1.82) is 0 Å². The summed E-state index contributed by atoms with van der Waals surface area (Å²) in [4.78, 5) is 12.1. The Morgan fingerprint density at radius 2 is 1.91 bits per heavy atom. The van der Waals surface area contributed by atoms with Crippen LogP contribution in [0.3, 0.4) is 0 Å². The third-order valence-corrected chi connectivity index (χ3v) is 5.11. The smallest absolute Gasteiger partial charge is 0.277 e. The SMILES string of the molecule is Cc1cccc(-c2nn(-c3ccccc3)cc2C=NNC(=O)COc2cccc(Br)c2)c1. The van der Waals surface area contributed by atoms with Crippen LogP contribution in [0.2, 0.25) is 0 Å². The number of aromatic nitrogens is 2. The number of carbonyl (C=O) groups is 1. The van der Waals surface area contributed by atoms with Crippen LogP contribution in [-0.2, 0) is 4.79 Å². The van der Waals surface area contributed by atoms with Gasteiger partial charge in [-0.2, -0.15) is 10.2 Å². The Bertz CT molecular complexity index is 1250. The molecule has 1 N–H and O–H groups in total.